The highest BCUT2D eigenvalue weighted by molar-refractivity contribution is 7.99. The van der Waals surface area contributed by atoms with Crippen LogP contribution in [0.3, 0.4) is 0 Å². The molecule has 4 nitrogen and oxygen atoms in total. The van der Waals surface area contributed by atoms with Crippen molar-refractivity contribution in [2.24, 2.45) is 0 Å². The molecule has 0 unspecified atom stereocenters. The molecule has 5 heteroatoms. The molecular weight excluding hydrogens is 372 g/mol. The van der Waals surface area contributed by atoms with Crippen LogP contribution in [0.2, 0.25) is 0 Å². The van der Waals surface area contributed by atoms with Gasteiger partial charge in [0, 0.05) is 27.7 Å². The van der Waals surface area contributed by atoms with E-state index in [9.17, 15) is 9.59 Å². The number of rotatable bonds is 7. The minimum absolute atomic E-state index is 0.0670. The van der Waals surface area contributed by atoms with E-state index in [2.05, 4.69) is 13.8 Å². The summed E-state index contributed by atoms with van der Waals surface area (Å²) in [5.74, 6) is 0.722. The summed E-state index contributed by atoms with van der Waals surface area (Å²) in [5.41, 5.74) is 3.04. The highest BCUT2D eigenvalue weighted by atomic mass is 32.2. The number of carbonyl (C=O) groups excluding carboxylic acids is 1. The zero-order chi connectivity index (χ0) is 20.1. The van der Waals surface area contributed by atoms with E-state index < -0.39 is 5.63 Å². The first-order chi connectivity index (χ1) is 13.4. The van der Waals surface area contributed by atoms with Gasteiger partial charge < -0.3 is 9.15 Å². The van der Waals surface area contributed by atoms with Crippen molar-refractivity contribution in [3.63, 3.8) is 0 Å². The molecule has 0 N–H and O–H groups in total. The number of fused-ring (bicyclic) bond motifs is 1. The number of hydrogen-bond acceptors (Lipinski definition) is 5. The predicted octanol–water partition coefficient (Wildman–Crippen LogP) is 5.45. The van der Waals surface area contributed by atoms with Crippen molar-refractivity contribution in [1.82, 2.24) is 0 Å². The van der Waals surface area contributed by atoms with E-state index in [1.54, 1.807) is 11.8 Å². The Morgan fingerprint density at radius 3 is 2.61 bits per heavy atom. The maximum absolute atomic E-state index is 12.1. The Balaban J connectivity index is 1.68. The quantitative estimate of drug-likeness (QED) is 0.302. The van der Waals surface area contributed by atoms with Crippen molar-refractivity contribution >= 4 is 28.7 Å². The van der Waals surface area contributed by atoms with Crippen molar-refractivity contribution in [3.8, 4) is 0 Å². The van der Waals surface area contributed by atoms with Crippen molar-refractivity contribution in [2.75, 3.05) is 5.75 Å². The Hall–Kier alpha value is -2.53. The molecule has 0 saturated heterocycles. The highest BCUT2D eigenvalue weighted by Crippen LogP contribution is 2.27. The second-order valence-corrected chi connectivity index (χ2v) is 8.19. The van der Waals surface area contributed by atoms with E-state index in [0.717, 1.165) is 15.8 Å². The lowest BCUT2D eigenvalue weighted by Gasteiger charge is -2.13. The van der Waals surface area contributed by atoms with Gasteiger partial charge in [-0.3, -0.25) is 4.79 Å². The van der Waals surface area contributed by atoms with Crippen LogP contribution in [0, 0.1) is 6.92 Å². The van der Waals surface area contributed by atoms with Gasteiger partial charge in [0.1, 0.15) is 12.2 Å². The molecular formula is C23H24O4S. The number of esters is 1. The van der Waals surface area contributed by atoms with Gasteiger partial charge in [0.15, 0.2) is 0 Å². The molecule has 0 spiro atoms. The molecule has 0 bridgehead atoms. The minimum atomic E-state index is -0.435. The molecule has 0 radical (unpaired) electrons. The topological polar surface area (TPSA) is 56.5 Å². The van der Waals surface area contributed by atoms with Crippen LogP contribution in [0.1, 0.15) is 42.9 Å². The van der Waals surface area contributed by atoms with Crippen molar-refractivity contribution in [3.05, 3.63) is 75.6 Å². The number of aryl methyl sites for hydroxylation is 1. The van der Waals surface area contributed by atoms with E-state index in [1.165, 1.54) is 11.6 Å². The Kier molecular flexibility index (Phi) is 6.57. The third-order valence-corrected chi connectivity index (χ3v) is 5.56. The van der Waals surface area contributed by atoms with Gasteiger partial charge in [0.25, 0.3) is 0 Å². The first kappa shape index (κ1) is 20.2. The molecule has 0 amide bonds. The average molecular weight is 397 g/mol. The molecule has 1 aromatic heterocycles. The van der Waals surface area contributed by atoms with Crippen LogP contribution < -0.4 is 5.63 Å². The second kappa shape index (κ2) is 9.11. The van der Waals surface area contributed by atoms with E-state index in [0.29, 0.717) is 29.2 Å². The van der Waals surface area contributed by atoms with Crippen LogP contribution in [-0.2, 0) is 16.1 Å². The molecule has 2 aromatic carbocycles. The maximum Gasteiger partial charge on any atom is 0.336 e. The van der Waals surface area contributed by atoms with Gasteiger partial charge in [-0.05, 0) is 48.2 Å². The molecule has 3 aromatic rings. The van der Waals surface area contributed by atoms with Gasteiger partial charge in [-0.15, -0.1) is 11.8 Å². The van der Waals surface area contributed by atoms with Crippen LogP contribution in [-0.4, -0.2) is 11.7 Å². The van der Waals surface area contributed by atoms with E-state index in [1.807, 2.05) is 49.4 Å². The number of carbonyl (C=O) groups is 1. The van der Waals surface area contributed by atoms with Crippen LogP contribution in [0.25, 0.3) is 11.0 Å². The Labute approximate surface area is 168 Å². The SMILES string of the molecule is Cc1cc2oc(=O)cc(COC(=O)CCSc3ccccc3)c2cc1C(C)C. The third-order valence-electron chi connectivity index (χ3n) is 4.55. The number of benzene rings is 2. The van der Waals surface area contributed by atoms with E-state index >= 15 is 0 Å². The molecule has 0 fully saturated rings. The molecule has 0 aliphatic heterocycles. The van der Waals surface area contributed by atoms with Gasteiger partial charge in [-0.25, -0.2) is 4.79 Å². The van der Waals surface area contributed by atoms with Crippen LogP contribution in [0.15, 0.2) is 62.6 Å². The zero-order valence-corrected chi connectivity index (χ0v) is 17.2. The van der Waals surface area contributed by atoms with Crippen molar-refractivity contribution in [2.45, 2.75) is 44.6 Å². The second-order valence-electron chi connectivity index (χ2n) is 7.02. The molecule has 0 saturated carbocycles. The monoisotopic (exact) mass is 396 g/mol. The molecule has 0 atom stereocenters. The summed E-state index contributed by atoms with van der Waals surface area (Å²) in [4.78, 5) is 25.1. The number of hydrogen-bond donors (Lipinski definition) is 0. The summed E-state index contributed by atoms with van der Waals surface area (Å²) < 4.78 is 10.8. The largest absolute Gasteiger partial charge is 0.461 e. The Morgan fingerprint density at radius 1 is 1.14 bits per heavy atom. The number of thioether (sulfide) groups is 1. The van der Waals surface area contributed by atoms with Crippen molar-refractivity contribution in [1.29, 1.82) is 0 Å². The normalized spacial score (nSPS) is 11.1. The first-order valence-electron chi connectivity index (χ1n) is 9.35. The van der Waals surface area contributed by atoms with Gasteiger partial charge in [-0.2, -0.15) is 0 Å². The molecule has 0 aliphatic rings. The van der Waals surface area contributed by atoms with E-state index in [4.69, 9.17) is 9.15 Å². The molecule has 1 heterocycles. The third kappa shape index (κ3) is 5.04. The minimum Gasteiger partial charge on any atom is -0.461 e. The first-order valence-corrected chi connectivity index (χ1v) is 10.3. The van der Waals surface area contributed by atoms with Gasteiger partial charge >= 0.3 is 11.6 Å². The predicted molar refractivity (Wildman–Crippen MR) is 113 cm³/mol. The fourth-order valence-electron chi connectivity index (χ4n) is 3.13. The van der Waals surface area contributed by atoms with Crippen LogP contribution >= 0.6 is 11.8 Å². The van der Waals surface area contributed by atoms with Gasteiger partial charge in [-0.1, -0.05) is 32.0 Å². The summed E-state index contributed by atoms with van der Waals surface area (Å²) in [5, 5.41) is 0.820. The smallest absolute Gasteiger partial charge is 0.336 e. The molecule has 28 heavy (non-hydrogen) atoms. The summed E-state index contributed by atoms with van der Waals surface area (Å²) >= 11 is 1.62. The van der Waals surface area contributed by atoms with E-state index in [-0.39, 0.29) is 12.6 Å². The van der Waals surface area contributed by atoms with Gasteiger partial charge in [0.2, 0.25) is 0 Å². The highest BCUT2D eigenvalue weighted by Gasteiger charge is 2.13. The lowest BCUT2D eigenvalue weighted by atomic mass is 9.95. The fraction of sp³-hybridized carbons (Fsp3) is 0.304. The zero-order valence-electron chi connectivity index (χ0n) is 16.4. The van der Waals surface area contributed by atoms with Crippen LogP contribution in [0.5, 0.6) is 0 Å². The standard InChI is InChI=1S/C23H24O4S/c1-15(2)19-13-20-17(12-23(25)27-21(20)11-16(19)3)14-26-22(24)9-10-28-18-7-5-4-6-8-18/h4-8,11-13,15H,9-10,14H2,1-3H3. The maximum atomic E-state index is 12.1. The summed E-state index contributed by atoms with van der Waals surface area (Å²) in [6.45, 7) is 6.32. The lowest BCUT2D eigenvalue weighted by molar-refractivity contribution is -0.144. The summed E-state index contributed by atoms with van der Waals surface area (Å²) in [6, 6.07) is 15.3. The molecule has 3 rings (SSSR count). The Morgan fingerprint density at radius 2 is 1.89 bits per heavy atom. The lowest BCUT2D eigenvalue weighted by Crippen LogP contribution is -2.08. The number of ether oxygens (including phenoxy) is 1. The summed E-state index contributed by atoms with van der Waals surface area (Å²) in [7, 11) is 0. The van der Waals surface area contributed by atoms with Crippen molar-refractivity contribution < 1.29 is 13.9 Å². The summed E-state index contributed by atoms with van der Waals surface area (Å²) in [6.07, 6.45) is 0.315. The molecule has 146 valence electrons. The molecule has 0 aliphatic carbocycles. The van der Waals surface area contributed by atoms with Crippen LogP contribution in [0.4, 0.5) is 0 Å². The Bertz CT molecular complexity index is 1020. The van der Waals surface area contributed by atoms with Gasteiger partial charge in [0.05, 0.1) is 6.42 Å². The fourth-order valence-corrected chi connectivity index (χ4v) is 3.99. The average Bonchev–Trinajstić information content (AvgIpc) is 2.66.